The Hall–Kier alpha value is -0.920. The molecule has 0 radical (unpaired) electrons. The van der Waals surface area contributed by atoms with Gasteiger partial charge in [0.1, 0.15) is 4.47 Å². The zero-order valence-corrected chi connectivity index (χ0v) is 13.9. The van der Waals surface area contributed by atoms with Gasteiger partial charge in [0, 0.05) is 33.3 Å². The van der Waals surface area contributed by atoms with E-state index in [4.69, 9.17) is 4.74 Å². The van der Waals surface area contributed by atoms with Crippen LogP contribution in [0.25, 0.3) is 0 Å². The largest absolute Gasteiger partial charge is 0.383 e. The molecule has 1 heterocycles. The van der Waals surface area contributed by atoms with Crippen molar-refractivity contribution in [1.82, 2.24) is 14.7 Å². The Morgan fingerprint density at radius 1 is 1.50 bits per heavy atom. The van der Waals surface area contributed by atoms with E-state index < -0.39 is 0 Å². The molecule has 114 valence electrons. The molecule has 0 unspecified atom stereocenters. The van der Waals surface area contributed by atoms with Crippen LogP contribution in [0.1, 0.15) is 13.3 Å². The Balaban J connectivity index is 2.52. The third-order valence-electron chi connectivity index (χ3n) is 2.91. The lowest BCUT2D eigenvalue weighted by molar-refractivity contribution is 0.163. The molecule has 0 aliphatic rings. The molecular weight excluding hydrogens is 324 g/mol. The number of anilines is 1. The number of hydrogen-bond donors (Lipinski definition) is 1. The number of nitrogens with one attached hydrogen (secondary N) is 1. The predicted molar refractivity (Wildman–Crippen MR) is 84.4 cm³/mol. The zero-order valence-electron chi connectivity index (χ0n) is 12.4. The third-order valence-corrected chi connectivity index (χ3v) is 3.67. The summed E-state index contributed by atoms with van der Waals surface area (Å²) < 4.78 is 7.04. The van der Waals surface area contributed by atoms with Crippen LogP contribution in [-0.2, 0) is 11.3 Å². The van der Waals surface area contributed by atoms with Gasteiger partial charge in [0.05, 0.1) is 18.5 Å². The fraction of sp³-hybridized carbons (Fsp3) is 0.692. The van der Waals surface area contributed by atoms with Gasteiger partial charge in [0.15, 0.2) is 0 Å². The summed E-state index contributed by atoms with van der Waals surface area (Å²) in [5, 5.41) is 7.38. The predicted octanol–water partition coefficient (Wildman–Crippen LogP) is 1.41. The lowest BCUT2D eigenvalue weighted by Gasteiger charge is -2.17. The van der Waals surface area contributed by atoms with Crippen LogP contribution in [0.3, 0.4) is 0 Å². The number of aromatic nitrogens is 2. The van der Waals surface area contributed by atoms with Crippen LogP contribution in [0.15, 0.2) is 15.5 Å². The molecule has 0 amide bonds. The standard InChI is InChI=1S/C13H23BrN4O2/c1-4-6-18-13(19)12(14)11(10-16-18)15-5-7-17(2)8-9-20-3/h10,15H,4-9H2,1-3H3. The number of hydrogen-bond acceptors (Lipinski definition) is 5. The molecule has 0 atom stereocenters. The van der Waals surface area contributed by atoms with E-state index in [1.54, 1.807) is 13.3 Å². The number of ether oxygens (including phenoxy) is 1. The second kappa shape index (κ2) is 9.10. The van der Waals surface area contributed by atoms with Crippen LogP contribution in [0.4, 0.5) is 5.69 Å². The van der Waals surface area contributed by atoms with Crippen molar-refractivity contribution in [2.45, 2.75) is 19.9 Å². The van der Waals surface area contributed by atoms with Crippen LogP contribution in [0.2, 0.25) is 0 Å². The highest BCUT2D eigenvalue weighted by Gasteiger charge is 2.08. The third kappa shape index (κ3) is 5.22. The van der Waals surface area contributed by atoms with Gasteiger partial charge in [-0.2, -0.15) is 5.10 Å². The van der Waals surface area contributed by atoms with Gasteiger partial charge in [-0.1, -0.05) is 6.92 Å². The molecule has 0 fully saturated rings. The molecule has 0 bridgehead atoms. The van der Waals surface area contributed by atoms with Gasteiger partial charge in [-0.3, -0.25) is 4.79 Å². The summed E-state index contributed by atoms with van der Waals surface area (Å²) in [6.45, 7) is 5.87. The van der Waals surface area contributed by atoms with Crippen LogP contribution in [0, 0.1) is 0 Å². The second-order valence-corrected chi connectivity index (χ2v) is 5.42. The van der Waals surface area contributed by atoms with Crippen molar-refractivity contribution >= 4 is 21.6 Å². The van der Waals surface area contributed by atoms with Gasteiger partial charge < -0.3 is 15.0 Å². The van der Waals surface area contributed by atoms with E-state index in [-0.39, 0.29) is 5.56 Å². The molecule has 0 aliphatic carbocycles. The summed E-state index contributed by atoms with van der Waals surface area (Å²) in [6.07, 6.45) is 2.58. The van der Waals surface area contributed by atoms with Crippen LogP contribution >= 0.6 is 15.9 Å². The summed E-state index contributed by atoms with van der Waals surface area (Å²) in [6, 6.07) is 0. The lowest BCUT2D eigenvalue weighted by atomic mass is 10.4. The first-order chi connectivity index (χ1) is 9.60. The Labute approximate surface area is 128 Å². The van der Waals surface area contributed by atoms with E-state index in [2.05, 4.69) is 31.2 Å². The van der Waals surface area contributed by atoms with Crippen LogP contribution < -0.4 is 10.9 Å². The first kappa shape index (κ1) is 17.1. The second-order valence-electron chi connectivity index (χ2n) is 4.62. The monoisotopic (exact) mass is 346 g/mol. The summed E-state index contributed by atoms with van der Waals surface area (Å²) in [5.74, 6) is 0. The van der Waals surface area contributed by atoms with Gasteiger partial charge in [-0.25, -0.2) is 4.68 Å². The Morgan fingerprint density at radius 3 is 2.90 bits per heavy atom. The highest BCUT2D eigenvalue weighted by Crippen LogP contribution is 2.15. The molecule has 20 heavy (non-hydrogen) atoms. The summed E-state index contributed by atoms with van der Waals surface area (Å²) >= 11 is 3.34. The Morgan fingerprint density at radius 2 is 2.25 bits per heavy atom. The molecule has 0 spiro atoms. The van der Waals surface area contributed by atoms with E-state index in [0.29, 0.717) is 11.0 Å². The van der Waals surface area contributed by atoms with E-state index in [9.17, 15) is 4.79 Å². The fourth-order valence-electron chi connectivity index (χ4n) is 1.70. The van der Waals surface area contributed by atoms with Crippen molar-refractivity contribution in [3.05, 3.63) is 21.0 Å². The SMILES string of the molecule is CCCn1ncc(NCCN(C)CCOC)c(Br)c1=O. The molecule has 0 saturated heterocycles. The molecule has 1 aromatic rings. The number of aryl methyl sites for hydroxylation is 1. The van der Waals surface area contributed by atoms with Crippen molar-refractivity contribution in [1.29, 1.82) is 0 Å². The molecule has 0 aromatic carbocycles. The van der Waals surface area contributed by atoms with Gasteiger partial charge in [-0.15, -0.1) is 0 Å². The normalized spacial score (nSPS) is 11.1. The van der Waals surface area contributed by atoms with Gasteiger partial charge in [0.2, 0.25) is 0 Å². The minimum Gasteiger partial charge on any atom is -0.383 e. The first-order valence-corrected chi connectivity index (χ1v) is 7.56. The number of rotatable bonds is 9. The quantitative estimate of drug-likeness (QED) is 0.732. The summed E-state index contributed by atoms with van der Waals surface area (Å²) in [7, 11) is 3.73. The minimum absolute atomic E-state index is 0.0930. The smallest absolute Gasteiger partial charge is 0.283 e. The van der Waals surface area contributed by atoms with Gasteiger partial charge >= 0.3 is 0 Å². The molecule has 6 nitrogen and oxygen atoms in total. The number of nitrogens with zero attached hydrogens (tertiary/aromatic N) is 3. The molecule has 1 aromatic heterocycles. The van der Waals surface area contributed by atoms with Crippen molar-refractivity contribution in [3.8, 4) is 0 Å². The zero-order chi connectivity index (χ0) is 15.0. The van der Waals surface area contributed by atoms with E-state index in [1.807, 2.05) is 14.0 Å². The fourth-order valence-corrected chi connectivity index (χ4v) is 2.15. The van der Waals surface area contributed by atoms with Crippen LogP contribution in [-0.4, -0.2) is 55.1 Å². The van der Waals surface area contributed by atoms with Crippen molar-refractivity contribution in [2.24, 2.45) is 0 Å². The maximum Gasteiger partial charge on any atom is 0.283 e. The number of likely N-dealkylation sites (N-methyl/N-ethyl adjacent to an activating group) is 1. The maximum absolute atomic E-state index is 12.0. The molecule has 1 rings (SSSR count). The highest BCUT2D eigenvalue weighted by molar-refractivity contribution is 9.10. The molecule has 7 heteroatoms. The maximum atomic E-state index is 12.0. The van der Waals surface area contributed by atoms with E-state index >= 15 is 0 Å². The van der Waals surface area contributed by atoms with Gasteiger partial charge in [0.25, 0.3) is 5.56 Å². The summed E-state index contributed by atoms with van der Waals surface area (Å²) in [4.78, 5) is 14.2. The van der Waals surface area contributed by atoms with E-state index in [0.717, 1.165) is 38.3 Å². The highest BCUT2D eigenvalue weighted by atomic mass is 79.9. The number of methoxy groups -OCH3 is 1. The summed E-state index contributed by atoms with van der Waals surface area (Å²) in [5.41, 5.74) is 0.645. The van der Waals surface area contributed by atoms with Crippen LogP contribution in [0.5, 0.6) is 0 Å². The van der Waals surface area contributed by atoms with Crippen molar-refractivity contribution in [3.63, 3.8) is 0 Å². The number of halogens is 1. The molecule has 1 N–H and O–H groups in total. The Bertz CT molecular complexity index is 464. The molecular formula is C13H23BrN4O2. The average molecular weight is 347 g/mol. The Kier molecular flexibility index (Phi) is 7.79. The molecule has 0 saturated carbocycles. The molecule has 0 aliphatic heterocycles. The first-order valence-electron chi connectivity index (χ1n) is 6.77. The topological polar surface area (TPSA) is 59.4 Å². The van der Waals surface area contributed by atoms with Crippen molar-refractivity contribution < 1.29 is 4.74 Å². The lowest BCUT2D eigenvalue weighted by Crippen LogP contribution is -2.29. The minimum atomic E-state index is -0.0930. The average Bonchev–Trinajstić information content (AvgIpc) is 2.44. The van der Waals surface area contributed by atoms with Crippen molar-refractivity contribution in [2.75, 3.05) is 45.7 Å². The van der Waals surface area contributed by atoms with Gasteiger partial charge in [-0.05, 0) is 29.4 Å². The van der Waals surface area contributed by atoms with E-state index in [1.165, 1.54) is 4.68 Å².